The third kappa shape index (κ3) is 3.46. The minimum atomic E-state index is -0.342. The van der Waals surface area contributed by atoms with Gasteiger partial charge in [-0.3, -0.25) is 5.32 Å². The number of nitrogens with zero attached hydrogens (tertiary/aromatic N) is 3. The lowest BCUT2D eigenvalue weighted by Gasteiger charge is -2.21. The number of aryl methyl sites for hydroxylation is 2. The number of rotatable bonds is 4. The lowest BCUT2D eigenvalue weighted by Crippen LogP contribution is -2.41. The smallest absolute Gasteiger partial charge is 0.188 e. The van der Waals surface area contributed by atoms with Gasteiger partial charge in [0.2, 0.25) is 0 Å². The third-order valence-corrected chi connectivity index (χ3v) is 4.56. The monoisotopic (exact) mass is 276 g/mol. The molecule has 1 heterocycles. The molecule has 1 aliphatic rings. The number of aromatic nitrogens is 2. The van der Waals surface area contributed by atoms with Crippen LogP contribution in [0.5, 0.6) is 0 Å². The molecule has 5 heteroatoms. The van der Waals surface area contributed by atoms with Crippen LogP contribution in [0.2, 0.25) is 0 Å². The molecule has 19 heavy (non-hydrogen) atoms. The summed E-state index contributed by atoms with van der Waals surface area (Å²) in [5.41, 5.74) is 1.67. The highest BCUT2D eigenvalue weighted by atomic mass is 32.2. The molecule has 0 spiro atoms. The van der Waals surface area contributed by atoms with Gasteiger partial charge in [-0.05, 0) is 45.7 Å². The standard InChI is InChI=1S/C14H20N4S/c1-4-16-14(9-15)6-5-12(8-14)19-13-17-10(2)7-11(3)18-13/h7,12,16H,4-6,8H2,1-3H3. The zero-order chi connectivity index (χ0) is 13.9. The molecule has 102 valence electrons. The molecule has 2 atom stereocenters. The van der Waals surface area contributed by atoms with Crippen LogP contribution in [0.4, 0.5) is 0 Å². The second-order valence-electron chi connectivity index (χ2n) is 5.14. The first kappa shape index (κ1) is 14.3. The normalized spacial score (nSPS) is 26.3. The van der Waals surface area contributed by atoms with Crippen LogP contribution in [0.1, 0.15) is 37.6 Å². The molecule has 1 aliphatic carbocycles. The topological polar surface area (TPSA) is 61.6 Å². The maximum Gasteiger partial charge on any atom is 0.188 e. The largest absolute Gasteiger partial charge is 0.300 e. The van der Waals surface area contributed by atoms with Crippen molar-refractivity contribution < 1.29 is 0 Å². The Morgan fingerprint density at radius 1 is 1.47 bits per heavy atom. The predicted molar refractivity (Wildman–Crippen MR) is 77.0 cm³/mol. The lowest BCUT2D eigenvalue weighted by molar-refractivity contribution is 0.436. The second kappa shape index (κ2) is 5.89. The molecule has 0 radical (unpaired) electrons. The van der Waals surface area contributed by atoms with E-state index in [2.05, 4.69) is 21.4 Å². The van der Waals surface area contributed by atoms with Gasteiger partial charge >= 0.3 is 0 Å². The van der Waals surface area contributed by atoms with Gasteiger partial charge in [-0.15, -0.1) is 0 Å². The Labute approximate surface area is 119 Å². The molecule has 0 saturated heterocycles. The quantitative estimate of drug-likeness (QED) is 0.857. The van der Waals surface area contributed by atoms with Gasteiger partial charge in [-0.1, -0.05) is 18.7 Å². The number of thioether (sulfide) groups is 1. The average molecular weight is 276 g/mol. The van der Waals surface area contributed by atoms with Crippen molar-refractivity contribution in [3.63, 3.8) is 0 Å². The minimum Gasteiger partial charge on any atom is -0.300 e. The molecule has 1 aromatic rings. The fraction of sp³-hybridized carbons (Fsp3) is 0.643. The Hall–Kier alpha value is -1.12. The Bertz CT molecular complexity index is 476. The Balaban J connectivity index is 2.04. The molecule has 1 saturated carbocycles. The van der Waals surface area contributed by atoms with Crippen molar-refractivity contribution in [2.24, 2.45) is 0 Å². The predicted octanol–water partition coefficient (Wildman–Crippen LogP) is 2.61. The summed E-state index contributed by atoms with van der Waals surface area (Å²) in [5.74, 6) is 0. The van der Waals surface area contributed by atoms with E-state index in [1.807, 2.05) is 26.8 Å². The van der Waals surface area contributed by atoms with E-state index in [-0.39, 0.29) is 5.54 Å². The van der Waals surface area contributed by atoms with Crippen molar-refractivity contribution in [1.82, 2.24) is 15.3 Å². The summed E-state index contributed by atoms with van der Waals surface area (Å²) in [6.45, 7) is 6.87. The molecule has 0 bridgehead atoms. The molecule has 1 fully saturated rings. The lowest BCUT2D eigenvalue weighted by atomic mass is 10.0. The summed E-state index contributed by atoms with van der Waals surface area (Å²) in [5, 5.41) is 14.0. The zero-order valence-electron chi connectivity index (χ0n) is 11.7. The maximum atomic E-state index is 9.37. The molecule has 2 rings (SSSR count). The maximum absolute atomic E-state index is 9.37. The molecular weight excluding hydrogens is 256 g/mol. The van der Waals surface area contributed by atoms with E-state index in [1.165, 1.54) is 0 Å². The van der Waals surface area contributed by atoms with Gasteiger partial charge < -0.3 is 0 Å². The van der Waals surface area contributed by atoms with Crippen molar-refractivity contribution in [2.45, 2.75) is 56.0 Å². The van der Waals surface area contributed by atoms with Crippen LogP contribution in [-0.4, -0.2) is 27.3 Å². The van der Waals surface area contributed by atoms with Gasteiger partial charge in [-0.25, -0.2) is 9.97 Å². The fourth-order valence-electron chi connectivity index (χ4n) is 2.64. The van der Waals surface area contributed by atoms with Crippen molar-refractivity contribution >= 4 is 11.8 Å². The highest BCUT2D eigenvalue weighted by Crippen LogP contribution is 2.39. The van der Waals surface area contributed by atoms with Crippen LogP contribution < -0.4 is 5.32 Å². The zero-order valence-corrected chi connectivity index (χ0v) is 12.5. The molecular formula is C14H20N4S. The molecule has 1 aromatic heterocycles. The Morgan fingerprint density at radius 3 is 2.74 bits per heavy atom. The van der Waals surface area contributed by atoms with Crippen molar-refractivity contribution in [1.29, 1.82) is 5.26 Å². The molecule has 0 aliphatic heterocycles. The van der Waals surface area contributed by atoms with Crippen molar-refractivity contribution in [3.8, 4) is 6.07 Å². The number of hydrogen-bond donors (Lipinski definition) is 1. The molecule has 0 amide bonds. The van der Waals surface area contributed by atoms with Crippen LogP contribution in [0, 0.1) is 25.2 Å². The van der Waals surface area contributed by atoms with E-state index < -0.39 is 0 Å². The Morgan fingerprint density at radius 2 is 2.16 bits per heavy atom. The SMILES string of the molecule is CCNC1(C#N)CCC(Sc2nc(C)cc(C)n2)C1. The number of hydrogen-bond acceptors (Lipinski definition) is 5. The first-order valence-corrected chi connectivity index (χ1v) is 7.60. The minimum absolute atomic E-state index is 0.342. The van der Waals surface area contributed by atoms with Crippen LogP contribution in [-0.2, 0) is 0 Å². The van der Waals surface area contributed by atoms with E-state index in [1.54, 1.807) is 11.8 Å². The van der Waals surface area contributed by atoms with Crippen LogP contribution >= 0.6 is 11.8 Å². The van der Waals surface area contributed by atoms with Crippen LogP contribution in [0.15, 0.2) is 11.2 Å². The summed E-state index contributed by atoms with van der Waals surface area (Å²) in [4.78, 5) is 8.93. The van der Waals surface area contributed by atoms with Crippen LogP contribution in [0.25, 0.3) is 0 Å². The summed E-state index contributed by atoms with van der Waals surface area (Å²) < 4.78 is 0. The average Bonchev–Trinajstić information content (AvgIpc) is 2.72. The van der Waals surface area contributed by atoms with Gasteiger partial charge in [0.1, 0.15) is 5.54 Å². The summed E-state index contributed by atoms with van der Waals surface area (Å²) in [6, 6.07) is 4.43. The highest BCUT2D eigenvalue weighted by Gasteiger charge is 2.39. The highest BCUT2D eigenvalue weighted by molar-refractivity contribution is 7.99. The van der Waals surface area contributed by atoms with E-state index in [4.69, 9.17) is 0 Å². The first-order chi connectivity index (χ1) is 9.07. The fourth-order valence-corrected chi connectivity index (χ4v) is 3.93. The molecule has 4 nitrogen and oxygen atoms in total. The van der Waals surface area contributed by atoms with Gasteiger partial charge in [0.05, 0.1) is 6.07 Å². The molecule has 2 unspecified atom stereocenters. The van der Waals surface area contributed by atoms with E-state index in [0.717, 1.165) is 42.4 Å². The van der Waals surface area contributed by atoms with E-state index >= 15 is 0 Å². The summed E-state index contributed by atoms with van der Waals surface area (Å²) in [7, 11) is 0. The first-order valence-electron chi connectivity index (χ1n) is 6.72. The summed E-state index contributed by atoms with van der Waals surface area (Å²) in [6.07, 6.45) is 2.83. The molecule has 0 aromatic carbocycles. The third-order valence-electron chi connectivity index (χ3n) is 3.43. The van der Waals surface area contributed by atoms with E-state index in [9.17, 15) is 5.26 Å². The second-order valence-corrected chi connectivity index (χ2v) is 6.41. The molecule has 1 N–H and O–H groups in total. The van der Waals surface area contributed by atoms with Crippen LogP contribution in [0.3, 0.4) is 0 Å². The van der Waals surface area contributed by atoms with E-state index in [0.29, 0.717) is 5.25 Å². The number of nitriles is 1. The van der Waals surface area contributed by atoms with Gasteiger partial charge in [0.25, 0.3) is 0 Å². The summed E-state index contributed by atoms with van der Waals surface area (Å²) >= 11 is 1.71. The van der Waals surface area contributed by atoms with Gasteiger partial charge in [0.15, 0.2) is 5.16 Å². The Kier molecular flexibility index (Phi) is 4.43. The van der Waals surface area contributed by atoms with Crippen molar-refractivity contribution in [3.05, 3.63) is 17.5 Å². The number of nitrogens with one attached hydrogen (secondary N) is 1. The van der Waals surface area contributed by atoms with Crippen molar-refractivity contribution in [2.75, 3.05) is 6.54 Å². The van der Waals surface area contributed by atoms with Gasteiger partial charge in [0, 0.05) is 16.6 Å². The van der Waals surface area contributed by atoms with Gasteiger partial charge in [-0.2, -0.15) is 5.26 Å².